The average Bonchev–Trinajstić information content (AvgIpc) is 2.85. The molecule has 0 spiro atoms. The van der Waals surface area contributed by atoms with Gasteiger partial charge in [-0.3, -0.25) is 5.01 Å². The molecular formula is C12H18N2O. The van der Waals surface area contributed by atoms with Crippen molar-refractivity contribution in [2.45, 2.75) is 25.3 Å². The monoisotopic (exact) mass is 206 g/mol. The van der Waals surface area contributed by atoms with Crippen LogP contribution in [-0.4, -0.2) is 37.5 Å². The lowest BCUT2D eigenvalue weighted by atomic mass is 10.2. The van der Waals surface area contributed by atoms with Crippen molar-refractivity contribution in [3.63, 3.8) is 0 Å². The van der Waals surface area contributed by atoms with E-state index in [4.69, 9.17) is 4.74 Å². The van der Waals surface area contributed by atoms with Crippen LogP contribution in [0.15, 0.2) is 28.9 Å². The molecule has 0 amide bonds. The van der Waals surface area contributed by atoms with E-state index in [2.05, 4.69) is 28.3 Å². The van der Waals surface area contributed by atoms with Gasteiger partial charge in [0.15, 0.2) is 0 Å². The molecule has 1 atom stereocenters. The molecule has 3 nitrogen and oxygen atoms in total. The molecule has 2 rings (SSSR count). The first-order chi connectivity index (χ1) is 7.40. The fourth-order valence-corrected chi connectivity index (χ4v) is 2.04. The minimum Gasteiger partial charge on any atom is -0.382 e. The Labute approximate surface area is 91.1 Å². The highest BCUT2D eigenvalue weighted by molar-refractivity contribution is 5.80. The summed E-state index contributed by atoms with van der Waals surface area (Å²) >= 11 is 0. The summed E-state index contributed by atoms with van der Waals surface area (Å²) in [5.74, 6) is 0. The molecule has 1 saturated heterocycles. The first-order valence-corrected chi connectivity index (χ1v) is 5.55. The Balaban J connectivity index is 1.87. The Bertz CT molecular complexity index is 294. The maximum atomic E-state index is 5.19. The van der Waals surface area contributed by atoms with Crippen LogP contribution in [-0.2, 0) is 4.74 Å². The van der Waals surface area contributed by atoms with Crippen molar-refractivity contribution in [2.75, 3.05) is 20.3 Å². The summed E-state index contributed by atoms with van der Waals surface area (Å²) in [6.07, 6.45) is 11.8. The number of hydrogen-bond acceptors (Lipinski definition) is 3. The first-order valence-electron chi connectivity index (χ1n) is 5.55. The number of allylic oxidation sites excluding steroid dienone is 4. The highest BCUT2D eigenvalue weighted by Gasteiger charge is 2.22. The van der Waals surface area contributed by atoms with Gasteiger partial charge in [-0.1, -0.05) is 18.2 Å². The molecule has 0 aromatic carbocycles. The lowest BCUT2D eigenvalue weighted by Gasteiger charge is -2.20. The minimum absolute atomic E-state index is 0.473. The van der Waals surface area contributed by atoms with E-state index in [1.807, 2.05) is 6.21 Å². The molecule has 1 aliphatic heterocycles. The Kier molecular flexibility index (Phi) is 3.56. The zero-order chi connectivity index (χ0) is 10.5. The normalized spacial score (nSPS) is 25.5. The van der Waals surface area contributed by atoms with Gasteiger partial charge in [-0.15, -0.1) is 0 Å². The number of hydrogen-bond donors (Lipinski definition) is 0. The maximum Gasteiger partial charge on any atom is 0.0704 e. The molecule has 0 aromatic rings. The summed E-state index contributed by atoms with van der Waals surface area (Å²) < 4.78 is 5.19. The highest BCUT2D eigenvalue weighted by atomic mass is 16.5. The standard InChI is InChI=1S/C12H18N2O/c1-15-10-12-7-4-8-14(12)13-9-11-5-2-3-6-11/h2-3,5,9,12H,4,6-8,10H2,1H3/b13-9+. The van der Waals surface area contributed by atoms with E-state index in [0.717, 1.165) is 19.6 Å². The lowest BCUT2D eigenvalue weighted by molar-refractivity contribution is 0.118. The smallest absolute Gasteiger partial charge is 0.0704 e. The largest absolute Gasteiger partial charge is 0.382 e. The quantitative estimate of drug-likeness (QED) is 0.657. The van der Waals surface area contributed by atoms with Gasteiger partial charge in [-0.25, -0.2) is 0 Å². The second-order valence-electron chi connectivity index (χ2n) is 4.03. The van der Waals surface area contributed by atoms with Crippen LogP contribution in [0.4, 0.5) is 0 Å². The van der Waals surface area contributed by atoms with Crippen LogP contribution in [0.5, 0.6) is 0 Å². The molecule has 3 heteroatoms. The van der Waals surface area contributed by atoms with E-state index in [9.17, 15) is 0 Å². The summed E-state index contributed by atoms with van der Waals surface area (Å²) in [6, 6.07) is 0.473. The lowest BCUT2D eigenvalue weighted by Crippen LogP contribution is -2.28. The Hall–Kier alpha value is -1.09. The molecule has 1 unspecified atom stereocenters. The molecule has 15 heavy (non-hydrogen) atoms. The Morgan fingerprint density at radius 3 is 3.33 bits per heavy atom. The van der Waals surface area contributed by atoms with Crippen molar-refractivity contribution in [1.29, 1.82) is 0 Å². The molecule has 0 radical (unpaired) electrons. The summed E-state index contributed by atoms with van der Waals surface area (Å²) in [4.78, 5) is 0. The summed E-state index contributed by atoms with van der Waals surface area (Å²) in [7, 11) is 1.75. The van der Waals surface area contributed by atoms with Crippen LogP contribution in [0.2, 0.25) is 0 Å². The van der Waals surface area contributed by atoms with Crippen LogP contribution in [0.25, 0.3) is 0 Å². The van der Waals surface area contributed by atoms with Crippen molar-refractivity contribution in [3.05, 3.63) is 23.8 Å². The van der Waals surface area contributed by atoms with E-state index in [1.54, 1.807) is 7.11 Å². The number of hydrazone groups is 1. The molecule has 2 aliphatic rings. The number of ether oxygens (including phenoxy) is 1. The minimum atomic E-state index is 0.473. The van der Waals surface area contributed by atoms with Gasteiger partial charge >= 0.3 is 0 Å². The van der Waals surface area contributed by atoms with Gasteiger partial charge < -0.3 is 4.74 Å². The van der Waals surface area contributed by atoms with E-state index in [0.29, 0.717) is 6.04 Å². The predicted molar refractivity (Wildman–Crippen MR) is 61.9 cm³/mol. The zero-order valence-corrected chi connectivity index (χ0v) is 9.22. The van der Waals surface area contributed by atoms with Gasteiger partial charge in [0.05, 0.1) is 18.9 Å². The highest BCUT2D eigenvalue weighted by Crippen LogP contribution is 2.18. The maximum absolute atomic E-state index is 5.19. The van der Waals surface area contributed by atoms with Gasteiger partial charge in [0.25, 0.3) is 0 Å². The number of rotatable bonds is 4. The third-order valence-corrected chi connectivity index (χ3v) is 2.88. The summed E-state index contributed by atoms with van der Waals surface area (Å²) in [5.41, 5.74) is 1.29. The van der Waals surface area contributed by atoms with E-state index in [1.165, 1.54) is 18.4 Å². The second-order valence-corrected chi connectivity index (χ2v) is 4.03. The second kappa shape index (κ2) is 5.12. The molecule has 0 aromatic heterocycles. The summed E-state index contributed by atoms with van der Waals surface area (Å²) in [6.45, 7) is 1.85. The van der Waals surface area contributed by atoms with Crippen molar-refractivity contribution in [2.24, 2.45) is 5.10 Å². The van der Waals surface area contributed by atoms with E-state index >= 15 is 0 Å². The zero-order valence-electron chi connectivity index (χ0n) is 9.22. The third-order valence-electron chi connectivity index (χ3n) is 2.88. The van der Waals surface area contributed by atoms with Crippen LogP contribution in [0.1, 0.15) is 19.3 Å². The molecule has 1 heterocycles. The van der Waals surface area contributed by atoms with Crippen molar-refractivity contribution in [1.82, 2.24) is 5.01 Å². The van der Waals surface area contributed by atoms with Crippen LogP contribution in [0.3, 0.4) is 0 Å². The number of methoxy groups -OCH3 is 1. The Morgan fingerprint density at radius 1 is 1.67 bits per heavy atom. The molecule has 82 valence electrons. The van der Waals surface area contributed by atoms with Gasteiger partial charge in [0, 0.05) is 13.7 Å². The Morgan fingerprint density at radius 2 is 2.60 bits per heavy atom. The van der Waals surface area contributed by atoms with Crippen LogP contribution < -0.4 is 0 Å². The topological polar surface area (TPSA) is 24.8 Å². The van der Waals surface area contributed by atoms with Crippen molar-refractivity contribution >= 4 is 6.21 Å². The van der Waals surface area contributed by atoms with Gasteiger partial charge in [0.1, 0.15) is 0 Å². The average molecular weight is 206 g/mol. The van der Waals surface area contributed by atoms with Crippen LogP contribution in [0, 0.1) is 0 Å². The van der Waals surface area contributed by atoms with Crippen molar-refractivity contribution < 1.29 is 4.74 Å². The van der Waals surface area contributed by atoms with Gasteiger partial charge in [-0.05, 0) is 24.8 Å². The molecule has 1 aliphatic carbocycles. The predicted octanol–water partition coefficient (Wildman–Crippen LogP) is 1.97. The van der Waals surface area contributed by atoms with Crippen molar-refractivity contribution in [3.8, 4) is 0 Å². The fourth-order valence-electron chi connectivity index (χ4n) is 2.04. The molecular weight excluding hydrogens is 188 g/mol. The molecule has 0 N–H and O–H groups in total. The summed E-state index contributed by atoms with van der Waals surface area (Å²) in [5, 5.41) is 6.68. The fraction of sp³-hybridized carbons (Fsp3) is 0.583. The molecule has 0 saturated carbocycles. The van der Waals surface area contributed by atoms with E-state index in [-0.39, 0.29) is 0 Å². The van der Waals surface area contributed by atoms with Gasteiger partial charge in [-0.2, -0.15) is 5.10 Å². The molecule has 1 fully saturated rings. The first kappa shape index (κ1) is 10.4. The van der Waals surface area contributed by atoms with Crippen LogP contribution >= 0.6 is 0 Å². The van der Waals surface area contributed by atoms with Gasteiger partial charge in [0.2, 0.25) is 0 Å². The molecule has 0 bridgehead atoms. The SMILES string of the molecule is COCC1CCCN1/N=C/C1=CC=CC1. The number of nitrogens with zero attached hydrogens (tertiary/aromatic N) is 2. The van der Waals surface area contributed by atoms with E-state index < -0.39 is 0 Å². The third kappa shape index (κ3) is 2.69.